The molecule has 34 heavy (non-hydrogen) atoms. The van der Waals surface area contributed by atoms with Gasteiger partial charge in [0.1, 0.15) is 0 Å². The summed E-state index contributed by atoms with van der Waals surface area (Å²) in [6.45, 7) is 0.466. The maximum Gasteiger partial charge on any atom is 0.260 e. The summed E-state index contributed by atoms with van der Waals surface area (Å²) in [7, 11) is -3.95. The van der Waals surface area contributed by atoms with Gasteiger partial charge in [-0.1, -0.05) is 65.7 Å². The van der Waals surface area contributed by atoms with Gasteiger partial charge in [-0.2, -0.15) is 0 Å². The van der Waals surface area contributed by atoms with E-state index in [4.69, 9.17) is 23.2 Å². The molecule has 8 heteroatoms. The van der Waals surface area contributed by atoms with Crippen LogP contribution in [-0.2, 0) is 10.0 Å². The molecule has 0 spiro atoms. The molecule has 4 aromatic rings. The maximum atomic E-state index is 14.2. The summed E-state index contributed by atoms with van der Waals surface area (Å²) in [6, 6.07) is 26.7. The Bertz CT molecular complexity index is 1370. The fraction of sp³-hybridized carbons (Fsp3) is 0.115. The topological polar surface area (TPSA) is 53.5 Å². The van der Waals surface area contributed by atoms with Gasteiger partial charge >= 0.3 is 0 Å². The average molecular weight is 510 g/mol. The summed E-state index contributed by atoms with van der Waals surface area (Å²) in [5.41, 5.74) is 2.65. The first-order valence-corrected chi connectivity index (χ1v) is 12.9. The minimum absolute atomic E-state index is 0.127. The van der Waals surface area contributed by atoms with Gasteiger partial charge in [0.25, 0.3) is 10.0 Å². The molecule has 2 atom stereocenters. The fourth-order valence-electron chi connectivity index (χ4n) is 4.41. The van der Waals surface area contributed by atoms with E-state index in [1.54, 1.807) is 36.7 Å². The smallest absolute Gasteiger partial charge is 0.260 e. The van der Waals surface area contributed by atoms with Crippen LogP contribution < -0.4 is 5.01 Å². The van der Waals surface area contributed by atoms with Crippen LogP contribution in [0.1, 0.15) is 23.1 Å². The second-order valence-corrected chi connectivity index (χ2v) is 10.7. The molecule has 0 amide bonds. The van der Waals surface area contributed by atoms with Crippen LogP contribution in [0.15, 0.2) is 108 Å². The lowest BCUT2D eigenvalue weighted by Crippen LogP contribution is -2.42. The monoisotopic (exact) mass is 509 g/mol. The lowest BCUT2D eigenvalue weighted by atomic mass is 9.89. The molecule has 5 nitrogen and oxygen atoms in total. The number of nitrogens with zero attached hydrogens (tertiary/aromatic N) is 3. The summed E-state index contributed by atoms with van der Waals surface area (Å²) in [4.78, 5) is 4.28. The van der Waals surface area contributed by atoms with E-state index in [0.717, 1.165) is 16.8 Å². The molecule has 1 aliphatic heterocycles. The summed E-state index contributed by atoms with van der Waals surface area (Å²) in [5, 5.41) is 2.89. The fourth-order valence-corrected chi connectivity index (χ4v) is 6.34. The van der Waals surface area contributed by atoms with Crippen LogP contribution in [-0.4, -0.2) is 24.4 Å². The lowest BCUT2D eigenvalue weighted by molar-refractivity contribution is 0.361. The van der Waals surface area contributed by atoms with E-state index in [2.05, 4.69) is 4.98 Å². The van der Waals surface area contributed by atoms with Gasteiger partial charge in [-0.25, -0.2) is 8.42 Å². The van der Waals surface area contributed by atoms with E-state index in [-0.39, 0.29) is 10.8 Å². The lowest BCUT2D eigenvalue weighted by Gasteiger charge is -2.33. The van der Waals surface area contributed by atoms with Crippen LogP contribution in [0.2, 0.25) is 10.0 Å². The molecule has 0 bridgehead atoms. The second kappa shape index (κ2) is 9.39. The Labute approximate surface area is 209 Å². The maximum absolute atomic E-state index is 14.2. The summed E-state index contributed by atoms with van der Waals surface area (Å²) in [5.74, 6) is -0.127. The van der Waals surface area contributed by atoms with Gasteiger partial charge in [0.2, 0.25) is 0 Å². The van der Waals surface area contributed by atoms with Crippen molar-refractivity contribution in [1.29, 1.82) is 0 Å². The second-order valence-electron chi connectivity index (χ2n) is 8.03. The number of halogens is 2. The predicted molar refractivity (Wildman–Crippen MR) is 135 cm³/mol. The van der Waals surface area contributed by atoms with Crippen LogP contribution in [0, 0.1) is 0 Å². The quantitative estimate of drug-likeness (QED) is 0.315. The van der Waals surface area contributed by atoms with Crippen LogP contribution in [0.4, 0.5) is 5.69 Å². The average Bonchev–Trinajstić information content (AvgIpc) is 3.27. The highest BCUT2D eigenvalue weighted by Crippen LogP contribution is 2.47. The molecule has 0 saturated carbocycles. The molecule has 172 valence electrons. The van der Waals surface area contributed by atoms with Crippen LogP contribution in [0.25, 0.3) is 0 Å². The Morgan fingerprint density at radius 1 is 0.735 bits per heavy atom. The van der Waals surface area contributed by atoms with E-state index < -0.39 is 16.1 Å². The van der Waals surface area contributed by atoms with Crippen LogP contribution in [0.3, 0.4) is 0 Å². The van der Waals surface area contributed by atoms with E-state index in [9.17, 15) is 8.42 Å². The molecule has 3 aromatic carbocycles. The first-order chi connectivity index (χ1) is 16.4. The Balaban J connectivity index is 1.72. The Kier molecular flexibility index (Phi) is 6.32. The van der Waals surface area contributed by atoms with E-state index in [0.29, 0.717) is 16.6 Å². The predicted octanol–water partition coefficient (Wildman–Crippen LogP) is 6.34. The number of benzene rings is 3. The molecular formula is C26H21Cl2N3O2S. The Hall–Kier alpha value is -2.90. The Morgan fingerprint density at radius 3 is 1.94 bits per heavy atom. The highest BCUT2D eigenvalue weighted by Gasteiger charge is 2.48. The van der Waals surface area contributed by atoms with Crippen molar-refractivity contribution in [1.82, 2.24) is 9.40 Å². The van der Waals surface area contributed by atoms with Crippen molar-refractivity contribution in [3.8, 4) is 0 Å². The van der Waals surface area contributed by atoms with Gasteiger partial charge in [-0.05, 0) is 59.7 Å². The molecule has 1 aromatic heterocycles. The van der Waals surface area contributed by atoms with Crippen molar-refractivity contribution < 1.29 is 8.42 Å². The molecule has 0 aliphatic carbocycles. The van der Waals surface area contributed by atoms with Gasteiger partial charge in [-0.3, -0.25) is 9.99 Å². The van der Waals surface area contributed by atoms with Crippen LogP contribution in [0.5, 0.6) is 0 Å². The van der Waals surface area contributed by atoms with Gasteiger partial charge < -0.3 is 0 Å². The Morgan fingerprint density at radius 2 is 1.32 bits per heavy atom. The summed E-state index contributed by atoms with van der Waals surface area (Å²) >= 11 is 12.2. The molecule has 2 unspecified atom stereocenters. The molecule has 2 heterocycles. The third-order valence-electron chi connectivity index (χ3n) is 5.98. The van der Waals surface area contributed by atoms with Crippen molar-refractivity contribution in [2.45, 2.75) is 16.9 Å². The number of pyridine rings is 1. The first-order valence-electron chi connectivity index (χ1n) is 10.7. The summed E-state index contributed by atoms with van der Waals surface area (Å²) < 4.78 is 29.8. The molecular weight excluding hydrogens is 489 g/mol. The molecule has 0 N–H and O–H groups in total. The van der Waals surface area contributed by atoms with Crippen LogP contribution >= 0.6 is 23.2 Å². The molecule has 5 rings (SSSR count). The van der Waals surface area contributed by atoms with Gasteiger partial charge in [0.15, 0.2) is 0 Å². The molecule has 1 fully saturated rings. The number of hydrogen-bond acceptors (Lipinski definition) is 4. The number of aromatic nitrogens is 1. The minimum atomic E-state index is -3.95. The van der Waals surface area contributed by atoms with E-state index in [1.807, 2.05) is 59.6 Å². The summed E-state index contributed by atoms with van der Waals surface area (Å²) in [6.07, 6.45) is 3.32. The van der Waals surface area contributed by atoms with E-state index in [1.165, 1.54) is 16.5 Å². The SMILES string of the molecule is O=S(=O)(c1ccc(Cl)cc1)N1C(c2ccc(Cl)cc2)C(c2ccccc2)CN1c1ccncc1. The number of sulfonamides is 1. The van der Waals surface area contributed by atoms with Gasteiger partial charge in [0, 0.05) is 34.9 Å². The highest BCUT2D eigenvalue weighted by atomic mass is 35.5. The number of anilines is 1. The zero-order chi connectivity index (χ0) is 23.7. The van der Waals surface area contributed by atoms with Crippen molar-refractivity contribution in [3.63, 3.8) is 0 Å². The number of hydrazine groups is 1. The standard InChI is InChI=1S/C26H21Cl2N3O2S/c27-21-8-6-20(7-9-21)26-25(19-4-2-1-3-5-19)18-30(23-14-16-29-17-15-23)31(26)34(32,33)24-12-10-22(28)11-13-24/h1-17,25-26H,18H2. The zero-order valence-electron chi connectivity index (χ0n) is 18.0. The largest absolute Gasteiger partial charge is 0.291 e. The zero-order valence-corrected chi connectivity index (χ0v) is 20.3. The minimum Gasteiger partial charge on any atom is -0.291 e. The van der Waals surface area contributed by atoms with Crippen molar-refractivity contribution >= 4 is 38.9 Å². The molecule has 1 aliphatic rings. The highest BCUT2D eigenvalue weighted by molar-refractivity contribution is 7.89. The van der Waals surface area contributed by atoms with E-state index >= 15 is 0 Å². The number of hydrogen-bond donors (Lipinski definition) is 0. The van der Waals surface area contributed by atoms with Crippen molar-refractivity contribution in [3.05, 3.63) is 125 Å². The third kappa shape index (κ3) is 4.30. The van der Waals surface area contributed by atoms with Gasteiger partial charge in [0.05, 0.1) is 16.6 Å². The third-order valence-corrected chi connectivity index (χ3v) is 8.27. The van der Waals surface area contributed by atoms with Gasteiger partial charge in [-0.15, -0.1) is 4.41 Å². The van der Waals surface area contributed by atoms with Crippen molar-refractivity contribution in [2.75, 3.05) is 11.6 Å². The first kappa shape index (κ1) is 22.9. The number of rotatable bonds is 5. The normalized spacial score (nSPS) is 18.8. The molecule has 1 saturated heterocycles. The van der Waals surface area contributed by atoms with Crippen molar-refractivity contribution in [2.24, 2.45) is 0 Å². The molecule has 0 radical (unpaired) electrons.